The van der Waals surface area contributed by atoms with E-state index in [2.05, 4.69) is 21.2 Å². The van der Waals surface area contributed by atoms with Crippen molar-refractivity contribution in [1.82, 2.24) is 0 Å². The molecule has 0 saturated heterocycles. The molecule has 0 aliphatic heterocycles. The van der Waals surface area contributed by atoms with Crippen molar-refractivity contribution in [1.29, 1.82) is 0 Å². The summed E-state index contributed by atoms with van der Waals surface area (Å²) >= 11 is 9.03. The molecule has 2 aromatic carbocycles. The summed E-state index contributed by atoms with van der Waals surface area (Å²) in [5.74, 6) is -1.01. The maximum Gasteiger partial charge on any atom is 0.335 e. The van der Waals surface area contributed by atoms with E-state index in [0.717, 1.165) is 0 Å². The van der Waals surface area contributed by atoms with Crippen LogP contribution in [0, 0.1) is 0 Å². The van der Waals surface area contributed by atoms with Crippen molar-refractivity contribution < 1.29 is 19.4 Å². The molecule has 0 fully saturated rings. The number of ether oxygens (including phenoxy) is 1. The van der Waals surface area contributed by atoms with Crippen LogP contribution in [-0.2, 0) is 4.79 Å². The number of carboxylic acids is 1. The van der Waals surface area contributed by atoms with Gasteiger partial charge in [-0.3, -0.25) is 4.79 Å². The largest absolute Gasteiger partial charge is 0.483 e. The number of rotatable bonds is 5. The Morgan fingerprint density at radius 1 is 1.23 bits per heavy atom. The van der Waals surface area contributed by atoms with E-state index < -0.39 is 5.97 Å². The zero-order valence-electron chi connectivity index (χ0n) is 11.2. The van der Waals surface area contributed by atoms with E-state index in [1.807, 2.05) is 0 Å². The summed E-state index contributed by atoms with van der Waals surface area (Å²) < 4.78 is 5.81. The Morgan fingerprint density at radius 3 is 2.64 bits per heavy atom. The number of amides is 1. The number of carbonyl (C=O) groups is 2. The SMILES string of the molecule is O=C(COc1ccc(C(=O)O)cc1Br)Nc1cccc(Cl)c1. The van der Waals surface area contributed by atoms with Crippen LogP contribution in [0.4, 0.5) is 5.69 Å². The number of halogens is 2. The molecule has 2 N–H and O–H groups in total. The number of nitrogens with one attached hydrogen (secondary N) is 1. The molecule has 0 aliphatic rings. The quantitative estimate of drug-likeness (QED) is 0.822. The van der Waals surface area contributed by atoms with E-state index in [1.54, 1.807) is 24.3 Å². The standard InChI is InChI=1S/C15H11BrClNO4/c16-12-6-9(15(20)21)4-5-13(12)22-8-14(19)18-11-3-1-2-10(17)7-11/h1-7H,8H2,(H,18,19)(H,20,21). The Balaban J connectivity index is 1.95. The van der Waals surface area contributed by atoms with Gasteiger partial charge in [0, 0.05) is 10.7 Å². The first-order valence-electron chi connectivity index (χ1n) is 6.17. The second-order valence-electron chi connectivity index (χ2n) is 4.30. The highest BCUT2D eigenvalue weighted by Gasteiger charge is 2.09. The van der Waals surface area contributed by atoms with Gasteiger partial charge in [-0.1, -0.05) is 17.7 Å². The molecule has 7 heteroatoms. The monoisotopic (exact) mass is 383 g/mol. The third-order valence-electron chi connectivity index (χ3n) is 2.65. The van der Waals surface area contributed by atoms with Crippen LogP contribution in [-0.4, -0.2) is 23.6 Å². The van der Waals surface area contributed by atoms with Crippen LogP contribution >= 0.6 is 27.5 Å². The van der Waals surface area contributed by atoms with E-state index in [4.69, 9.17) is 21.4 Å². The van der Waals surface area contributed by atoms with E-state index in [-0.39, 0.29) is 18.1 Å². The fourth-order valence-electron chi connectivity index (χ4n) is 1.66. The molecule has 5 nitrogen and oxygen atoms in total. The van der Waals surface area contributed by atoms with Crippen LogP contribution in [0.15, 0.2) is 46.9 Å². The molecule has 0 saturated carbocycles. The normalized spacial score (nSPS) is 10.1. The molecule has 0 aliphatic carbocycles. The lowest BCUT2D eigenvalue weighted by Crippen LogP contribution is -2.20. The highest BCUT2D eigenvalue weighted by molar-refractivity contribution is 9.10. The fraction of sp³-hybridized carbons (Fsp3) is 0.0667. The molecule has 0 spiro atoms. The minimum atomic E-state index is -1.04. The number of carbonyl (C=O) groups excluding carboxylic acids is 1. The molecule has 22 heavy (non-hydrogen) atoms. The zero-order chi connectivity index (χ0) is 16.1. The second-order valence-corrected chi connectivity index (χ2v) is 5.59. The van der Waals surface area contributed by atoms with Crippen LogP contribution in [0.1, 0.15) is 10.4 Å². The van der Waals surface area contributed by atoms with Crippen molar-refractivity contribution in [2.75, 3.05) is 11.9 Å². The highest BCUT2D eigenvalue weighted by atomic mass is 79.9. The number of anilines is 1. The average Bonchev–Trinajstić information content (AvgIpc) is 2.45. The first-order valence-corrected chi connectivity index (χ1v) is 7.34. The summed E-state index contributed by atoms with van der Waals surface area (Å²) in [6.07, 6.45) is 0. The smallest absolute Gasteiger partial charge is 0.335 e. The van der Waals surface area contributed by atoms with E-state index in [9.17, 15) is 9.59 Å². The molecular formula is C15H11BrClNO4. The van der Waals surface area contributed by atoms with Gasteiger partial charge in [0.1, 0.15) is 5.75 Å². The van der Waals surface area contributed by atoms with Gasteiger partial charge in [-0.05, 0) is 52.3 Å². The van der Waals surface area contributed by atoms with Crippen LogP contribution in [0.2, 0.25) is 5.02 Å². The summed E-state index contributed by atoms with van der Waals surface area (Å²) in [5.41, 5.74) is 0.698. The van der Waals surface area contributed by atoms with Gasteiger partial charge in [-0.15, -0.1) is 0 Å². The molecular weight excluding hydrogens is 374 g/mol. The number of hydrogen-bond acceptors (Lipinski definition) is 3. The maximum atomic E-state index is 11.8. The zero-order valence-corrected chi connectivity index (χ0v) is 13.5. The maximum absolute atomic E-state index is 11.8. The summed E-state index contributed by atoms with van der Waals surface area (Å²) in [7, 11) is 0. The molecule has 0 heterocycles. The molecule has 1 amide bonds. The fourth-order valence-corrected chi connectivity index (χ4v) is 2.34. The van der Waals surface area contributed by atoms with Crippen LogP contribution < -0.4 is 10.1 Å². The highest BCUT2D eigenvalue weighted by Crippen LogP contribution is 2.26. The summed E-state index contributed by atoms with van der Waals surface area (Å²) in [5, 5.41) is 12.0. The van der Waals surface area contributed by atoms with Crippen molar-refractivity contribution in [2.24, 2.45) is 0 Å². The molecule has 0 atom stereocenters. The molecule has 0 aromatic heterocycles. The van der Waals surface area contributed by atoms with Crippen LogP contribution in [0.3, 0.4) is 0 Å². The number of hydrogen-bond donors (Lipinski definition) is 2. The molecule has 0 bridgehead atoms. The van der Waals surface area contributed by atoms with Gasteiger partial charge in [0.25, 0.3) is 5.91 Å². The van der Waals surface area contributed by atoms with E-state index >= 15 is 0 Å². The summed E-state index contributed by atoms with van der Waals surface area (Å²) in [6, 6.07) is 11.1. The van der Waals surface area contributed by atoms with Crippen molar-refractivity contribution in [2.45, 2.75) is 0 Å². The van der Waals surface area contributed by atoms with Gasteiger partial charge in [-0.2, -0.15) is 0 Å². The van der Waals surface area contributed by atoms with Crippen LogP contribution in [0.25, 0.3) is 0 Å². The van der Waals surface area contributed by atoms with Gasteiger partial charge >= 0.3 is 5.97 Å². The molecule has 2 aromatic rings. The Hall–Kier alpha value is -2.05. The lowest BCUT2D eigenvalue weighted by molar-refractivity contribution is -0.118. The van der Waals surface area contributed by atoms with Crippen molar-refractivity contribution in [3.63, 3.8) is 0 Å². The number of benzene rings is 2. The molecule has 114 valence electrons. The molecule has 0 radical (unpaired) electrons. The third-order valence-corrected chi connectivity index (χ3v) is 3.50. The summed E-state index contributed by atoms with van der Waals surface area (Å²) in [4.78, 5) is 22.6. The Kier molecular flexibility index (Phi) is 5.41. The van der Waals surface area contributed by atoms with Crippen molar-refractivity contribution in [3.8, 4) is 5.75 Å². The van der Waals surface area contributed by atoms with Crippen molar-refractivity contribution in [3.05, 3.63) is 57.5 Å². The predicted octanol–water partition coefficient (Wildman–Crippen LogP) is 3.82. The minimum absolute atomic E-state index is 0.127. The lowest BCUT2D eigenvalue weighted by atomic mass is 10.2. The first kappa shape index (κ1) is 16.3. The van der Waals surface area contributed by atoms with Gasteiger partial charge < -0.3 is 15.2 Å². The van der Waals surface area contributed by atoms with Gasteiger partial charge in [0.2, 0.25) is 0 Å². The van der Waals surface area contributed by atoms with Gasteiger partial charge in [-0.25, -0.2) is 4.79 Å². The lowest BCUT2D eigenvalue weighted by Gasteiger charge is -2.09. The Morgan fingerprint density at radius 2 is 2.00 bits per heavy atom. The van der Waals surface area contributed by atoms with Gasteiger partial charge in [0.05, 0.1) is 10.0 Å². The number of carboxylic acid groups (broad SMARTS) is 1. The number of aromatic carboxylic acids is 1. The van der Waals surface area contributed by atoms with E-state index in [0.29, 0.717) is 20.9 Å². The summed E-state index contributed by atoms with van der Waals surface area (Å²) in [6.45, 7) is -0.211. The second kappa shape index (κ2) is 7.29. The molecule has 2 rings (SSSR count). The minimum Gasteiger partial charge on any atom is -0.483 e. The van der Waals surface area contributed by atoms with Crippen molar-refractivity contribution >= 4 is 45.1 Å². The van der Waals surface area contributed by atoms with Gasteiger partial charge in [0.15, 0.2) is 6.61 Å². The average molecular weight is 385 g/mol. The van der Waals surface area contributed by atoms with Crippen LogP contribution in [0.5, 0.6) is 5.75 Å². The first-order chi connectivity index (χ1) is 10.5. The topological polar surface area (TPSA) is 75.6 Å². The third kappa shape index (κ3) is 4.47. The molecule has 0 unspecified atom stereocenters. The Labute approximate surface area is 140 Å². The van der Waals surface area contributed by atoms with E-state index in [1.165, 1.54) is 18.2 Å². The predicted molar refractivity (Wildman–Crippen MR) is 86.7 cm³/mol. The Bertz CT molecular complexity index is 720.